The van der Waals surface area contributed by atoms with Gasteiger partial charge in [-0.2, -0.15) is 0 Å². The number of hydrogen-bond donors (Lipinski definition) is 1. The number of hydrogen-bond acceptors (Lipinski definition) is 4. The van der Waals surface area contributed by atoms with Crippen molar-refractivity contribution in [3.8, 4) is 5.75 Å². The molecule has 8 heteroatoms. The number of rotatable bonds is 4. The Hall–Kier alpha value is -3.71. The van der Waals surface area contributed by atoms with Crippen LogP contribution in [0.15, 0.2) is 72.3 Å². The fraction of sp³-hybridized carbons (Fsp3) is 0.0833. The van der Waals surface area contributed by atoms with Crippen LogP contribution in [0.1, 0.15) is 17.2 Å². The summed E-state index contributed by atoms with van der Waals surface area (Å²) in [6.45, 7) is 0. The van der Waals surface area contributed by atoms with E-state index >= 15 is 0 Å². The minimum absolute atomic E-state index is 0.185. The van der Waals surface area contributed by atoms with E-state index in [2.05, 4.69) is 0 Å². The zero-order valence-electron chi connectivity index (χ0n) is 16.7. The molecule has 1 saturated heterocycles. The standard InChI is InChI=1S/C24H16ClF2NO4/c1-32-19-11-14(7-9-16(19)25)22(29)20-21(13-5-3-2-4-6-13)28(24(31)23(20)30)18-10-8-15(26)12-17(18)27/h2-12,21,29H,1H3/b22-20+. The van der Waals surface area contributed by atoms with Gasteiger partial charge in [0.2, 0.25) is 0 Å². The number of Topliss-reactive ketones (excluding diaryl/α,β-unsaturated/α-hetero) is 1. The topological polar surface area (TPSA) is 66.8 Å². The van der Waals surface area contributed by atoms with Gasteiger partial charge in [-0.25, -0.2) is 8.78 Å². The van der Waals surface area contributed by atoms with E-state index in [1.807, 2.05) is 0 Å². The highest BCUT2D eigenvalue weighted by Crippen LogP contribution is 2.43. The average molecular weight is 456 g/mol. The Balaban J connectivity index is 1.96. The van der Waals surface area contributed by atoms with Crippen LogP contribution in [0.25, 0.3) is 5.76 Å². The average Bonchev–Trinajstić information content (AvgIpc) is 3.05. The van der Waals surface area contributed by atoms with Crippen LogP contribution >= 0.6 is 11.6 Å². The molecular weight excluding hydrogens is 440 g/mol. The number of carbonyl (C=O) groups excluding carboxylic acids is 2. The zero-order chi connectivity index (χ0) is 23.0. The molecule has 162 valence electrons. The fourth-order valence-corrected chi connectivity index (χ4v) is 3.87. The van der Waals surface area contributed by atoms with Gasteiger partial charge in [-0.1, -0.05) is 41.9 Å². The molecule has 0 bridgehead atoms. The number of nitrogens with zero attached hydrogens (tertiary/aromatic N) is 1. The number of ether oxygens (including phenoxy) is 1. The number of halogens is 3. The Morgan fingerprint density at radius 3 is 2.41 bits per heavy atom. The molecule has 1 aliphatic rings. The largest absolute Gasteiger partial charge is 0.507 e. The second-order valence-electron chi connectivity index (χ2n) is 7.02. The van der Waals surface area contributed by atoms with Crippen molar-refractivity contribution in [2.24, 2.45) is 0 Å². The SMILES string of the molecule is COc1cc(/C(O)=C2\C(=O)C(=O)N(c3ccc(F)cc3F)C2c2ccccc2)ccc1Cl. The predicted molar refractivity (Wildman–Crippen MR) is 116 cm³/mol. The first kappa shape index (κ1) is 21.5. The maximum atomic E-state index is 14.6. The van der Waals surface area contributed by atoms with Gasteiger partial charge in [0, 0.05) is 11.6 Å². The van der Waals surface area contributed by atoms with E-state index in [4.69, 9.17) is 16.3 Å². The molecule has 3 aromatic carbocycles. The van der Waals surface area contributed by atoms with Crippen LogP contribution in [-0.2, 0) is 9.59 Å². The zero-order valence-corrected chi connectivity index (χ0v) is 17.4. The van der Waals surface area contributed by atoms with E-state index in [1.165, 1.54) is 25.3 Å². The molecule has 1 fully saturated rings. The first-order valence-electron chi connectivity index (χ1n) is 9.48. The van der Waals surface area contributed by atoms with E-state index in [0.717, 1.165) is 17.0 Å². The summed E-state index contributed by atoms with van der Waals surface area (Å²) >= 11 is 6.05. The lowest BCUT2D eigenvalue weighted by molar-refractivity contribution is -0.132. The fourth-order valence-electron chi connectivity index (χ4n) is 3.67. The van der Waals surface area contributed by atoms with Gasteiger partial charge in [-0.05, 0) is 35.9 Å². The number of ketones is 1. The molecule has 3 aromatic rings. The molecule has 1 atom stereocenters. The molecule has 5 nitrogen and oxygen atoms in total. The van der Waals surface area contributed by atoms with E-state index in [9.17, 15) is 23.5 Å². The number of carbonyl (C=O) groups is 2. The summed E-state index contributed by atoms with van der Waals surface area (Å²) < 4.78 is 33.3. The summed E-state index contributed by atoms with van der Waals surface area (Å²) in [5.41, 5.74) is 0.118. The van der Waals surface area contributed by atoms with Gasteiger partial charge in [0.25, 0.3) is 11.7 Å². The molecule has 0 radical (unpaired) electrons. The maximum Gasteiger partial charge on any atom is 0.300 e. The second-order valence-corrected chi connectivity index (χ2v) is 7.43. The molecule has 1 amide bonds. The first-order chi connectivity index (χ1) is 15.3. The summed E-state index contributed by atoms with van der Waals surface area (Å²) in [5.74, 6) is -4.11. The third kappa shape index (κ3) is 3.61. The molecule has 32 heavy (non-hydrogen) atoms. The van der Waals surface area contributed by atoms with Crippen molar-refractivity contribution in [3.05, 3.63) is 100 Å². The quantitative estimate of drug-likeness (QED) is 0.331. The summed E-state index contributed by atoms with van der Waals surface area (Å²) in [7, 11) is 1.39. The minimum atomic E-state index is -1.14. The number of methoxy groups -OCH3 is 1. The van der Waals surface area contributed by atoms with Gasteiger partial charge >= 0.3 is 0 Å². The Bertz CT molecular complexity index is 1260. The van der Waals surface area contributed by atoms with Crippen LogP contribution in [0.4, 0.5) is 14.5 Å². The molecule has 0 saturated carbocycles. The highest BCUT2D eigenvalue weighted by Gasteiger charge is 2.47. The number of anilines is 1. The summed E-state index contributed by atoms with van der Waals surface area (Å²) in [6.07, 6.45) is 0. The summed E-state index contributed by atoms with van der Waals surface area (Å²) in [5, 5.41) is 11.3. The smallest absolute Gasteiger partial charge is 0.300 e. The monoisotopic (exact) mass is 455 g/mol. The van der Waals surface area contributed by atoms with Crippen molar-refractivity contribution < 1.29 is 28.2 Å². The number of amides is 1. The molecule has 1 N–H and O–H groups in total. The van der Waals surface area contributed by atoms with Crippen molar-refractivity contribution >= 4 is 34.7 Å². The lowest BCUT2D eigenvalue weighted by atomic mass is 9.95. The van der Waals surface area contributed by atoms with Crippen molar-refractivity contribution in [1.29, 1.82) is 0 Å². The van der Waals surface area contributed by atoms with Gasteiger partial charge < -0.3 is 9.84 Å². The van der Waals surface area contributed by atoms with Gasteiger partial charge in [-0.15, -0.1) is 0 Å². The van der Waals surface area contributed by atoms with E-state index in [0.29, 0.717) is 11.6 Å². The highest BCUT2D eigenvalue weighted by atomic mass is 35.5. The van der Waals surface area contributed by atoms with Crippen LogP contribution < -0.4 is 9.64 Å². The normalized spacial score (nSPS) is 17.6. The molecule has 1 aliphatic heterocycles. The molecule has 1 heterocycles. The molecule has 1 unspecified atom stereocenters. The summed E-state index contributed by atoms with van der Waals surface area (Å²) in [4.78, 5) is 26.9. The van der Waals surface area contributed by atoms with Gasteiger partial charge in [0.1, 0.15) is 23.1 Å². The van der Waals surface area contributed by atoms with Gasteiger partial charge in [-0.3, -0.25) is 14.5 Å². The Labute approximate surface area is 187 Å². The Morgan fingerprint density at radius 2 is 1.75 bits per heavy atom. The van der Waals surface area contributed by atoms with E-state index < -0.39 is 35.1 Å². The van der Waals surface area contributed by atoms with Crippen LogP contribution in [0, 0.1) is 11.6 Å². The number of aliphatic hydroxyl groups is 1. The first-order valence-corrected chi connectivity index (χ1v) is 9.86. The lowest BCUT2D eigenvalue weighted by Crippen LogP contribution is -2.30. The van der Waals surface area contributed by atoms with E-state index in [1.54, 1.807) is 30.3 Å². The van der Waals surface area contributed by atoms with Gasteiger partial charge in [0.05, 0.1) is 29.4 Å². The summed E-state index contributed by atoms with van der Waals surface area (Å²) in [6, 6.07) is 14.3. The van der Waals surface area contributed by atoms with Crippen LogP contribution in [0.2, 0.25) is 5.02 Å². The molecule has 4 rings (SSSR count). The van der Waals surface area contributed by atoms with Crippen molar-refractivity contribution in [2.45, 2.75) is 6.04 Å². The molecule has 0 aliphatic carbocycles. The maximum absolute atomic E-state index is 14.6. The van der Waals surface area contributed by atoms with Crippen LogP contribution in [0.3, 0.4) is 0 Å². The number of benzene rings is 3. The Morgan fingerprint density at radius 1 is 1.03 bits per heavy atom. The minimum Gasteiger partial charge on any atom is -0.507 e. The third-order valence-electron chi connectivity index (χ3n) is 5.15. The third-order valence-corrected chi connectivity index (χ3v) is 5.47. The number of aliphatic hydroxyl groups excluding tert-OH is 1. The van der Waals surface area contributed by atoms with Crippen LogP contribution in [-0.4, -0.2) is 23.9 Å². The van der Waals surface area contributed by atoms with Crippen molar-refractivity contribution in [2.75, 3.05) is 12.0 Å². The van der Waals surface area contributed by atoms with Crippen molar-refractivity contribution in [1.82, 2.24) is 0 Å². The highest BCUT2D eigenvalue weighted by molar-refractivity contribution is 6.51. The second kappa shape index (κ2) is 8.43. The Kier molecular flexibility index (Phi) is 5.67. The predicted octanol–water partition coefficient (Wildman–Crippen LogP) is 5.25. The van der Waals surface area contributed by atoms with Crippen LogP contribution in [0.5, 0.6) is 5.75 Å². The molecule has 0 spiro atoms. The molecule has 0 aromatic heterocycles. The van der Waals surface area contributed by atoms with Crippen molar-refractivity contribution in [3.63, 3.8) is 0 Å². The molecular formula is C24H16ClF2NO4. The lowest BCUT2D eigenvalue weighted by Gasteiger charge is -2.25. The van der Waals surface area contributed by atoms with E-state index in [-0.39, 0.29) is 27.6 Å². The van der Waals surface area contributed by atoms with Gasteiger partial charge in [0.15, 0.2) is 0 Å².